The van der Waals surface area contributed by atoms with Crippen LogP contribution in [0.1, 0.15) is 25.7 Å². The van der Waals surface area contributed by atoms with Gasteiger partial charge >= 0.3 is 0 Å². The molecular formula is C20H35N5OS. The average Bonchev–Trinajstić information content (AvgIpc) is 3.25. The normalized spacial score (nSPS) is 20.8. The SMILES string of the molecule is CN=C(NCC1CCN(CCOC)CC1)NC1CCN(c2cccs2)CC1. The Morgan fingerprint density at radius 3 is 2.63 bits per heavy atom. The first-order valence-electron chi connectivity index (χ1n) is 10.3. The fourth-order valence-electron chi connectivity index (χ4n) is 3.96. The topological polar surface area (TPSA) is 52.1 Å². The number of guanidine groups is 1. The number of nitrogens with one attached hydrogen (secondary N) is 2. The summed E-state index contributed by atoms with van der Waals surface area (Å²) in [7, 11) is 3.66. The van der Waals surface area contributed by atoms with Gasteiger partial charge in [-0.15, -0.1) is 11.3 Å². The lowest BCUT2D eigenvalue weighted by atomic mass is 9.97. The van der Waals surface area contributed by atoms with Crippen LogP contribution in [0.3, 0.4) is 0 Å². The largest absolute Gasteiger partial charge is 0.383 e. The Bertz CT molecular complexity index is 549. The van der Waals surface area contributed by atoms with Crippen LogP contribution < -0.4 is 15.5 Å². The summed E-state index contributed by atoms with van der Waals surface area (Å²) in [5, 5.41) is 10.8. The van der Waals surface area contributed by atoms with Gasteiger partial charge < -0.3 is 25.2 Å². The van der Waals surface area contributed by atoms with Gasteiger partial charge in [0.15, 0.2) is 5.96 Å². The maximum Gasteiger partial charge on any atom is 0.191 e. The van der Waals surface area contributed by atoms with E-state index in [1.165, 1.54) is 30.9 Å². The Labute approximate surface area is 168 Å². The molecule has 27 heavy (non-hydrogen) atoms. The van der Waals surface area contributed by atoms with Gasteiger partial charge in [0.2, 0.25) is 0 Å². The van der Waals surface area contributed by atoms with Crippen molar-refractivity contribution in [1.82, 2.24) is 15.5 Å². The fourth-order valence-corrected chi connectivity index (χ4v) is 4.74. The van der Waals surface area contributed by atoms with E-state index < -0.39 is 0 Å². The minimum Gasteiger partial charge on any atom is -0.383 e. The summed E-state index contributed by atoms with van der Waals surface area (Å²) in [6.07, 6.45) is 4.84. The molecule has 0 amide bonds. The number of anilines is 1. The fraction of sp³-hybridized carbons (Fsp3) is 0.750. The van der Waals surface area contributed by atoms with Gasteiger partial charge in [0, 0.05) is 46.4 Å². The number of methoxy groups -OCH3 is 1. The smallest absolute Gasteiger partial charge is 0.191 e. The number of likely N-dealkylation sites (tertiary alicyclic amines) is 1. The lowest BCUT2D eigenvalue weighted by molar-refractivity contribution is 0.121. The molecule has 1 aromatic heterocycles. The van der Waals surface area contributed by atoms with E-state index in [1.54, 1.807) is 7.11 Å². The van der Waals surface area contributed by atoms with Crippen molar-refractivity contribution in [2.45, 2.75) is 31.7 Å². The summed E-state index contributed by atoms with van der Waals surface area (Å²) in [6, 6.07) is 4.88. The molecule has 2 fully saturated rings. The molecule has 0 spiro atoms. The van der Waals surface area contributed by atoms with E-state index in [0.29, 0.717) is 6.04 Å². The molecule has 152 valence electrons. The third kappa shape index (κ3) is 6.36. The van der Waals surface area contributed by atoms with Crippen molar-refractivity contribution in [2.24, 2.45) is 10.9 Å². The molecule has 2 aliphatic heterocycles. The lowest BCUT2D eigenvalue weighted by Gasteiger charge is -2.34. The molecule has 2 N–H and O–H groups in total. The molecule has 0 bridgehead atoms. The zero-order chi connectivity index (χ0) is 18.9. The Balaban J connectivity index is 1.33. The van der Waals surface area contributed by atoms with Crippen LogP contribution in [0.15, 0.2) is 22.5 Å². The molecule has 0 aliphatic carbocycles. The monoisotopic (exact) mass is 393 g/mol. The first-order chi connectivity index (χ1) is 13.3. The number of thiophene rings is 1. The van der Waals surface area contributed by atoms with Crippen LogP contribution in [0.5, 0.6) is 0 Å². The van der Waals surface area contributed by atoms with Gasteiger partial charge in [-0.05, 0) is 62.2 Å². The number of nitrogens with zero attached hydrogens (tertiary/aromatic N) is 3. The van der Waals surface area contributed by atoms with Crippen LogP contribution in [-0.4, -0.2) is 76.9 Å². The van der Waals surface area contributed by atoms with E-state index in [-0.39, 0.29) is 0 Å². The van der Waals surface area contributed by atoms with Gasteiger partial charge in [-0.2, -0.15) is 0 Å². The predicted octanol–water partition coefficient (Wildman–Crippen LogP) is 2.24. The lowest BCUT2D eigenvalue weighted by Crippen LogP contribution is -2.50. The quantitative estimate of drug-likeness (QED) is 0.550. The number of rotatable bonds is 7. The molecule has 0 aromatic carbocycles. The highest BCUT2D eigenvalue weighted by molar-refractivity contribution is 7.14. The molecule has 3 rings (SSSR count). The Hall–Kier alpha value is -1.31. The highest BCUT2D eigenvalue weighted by atomic mass is 32.1. The molecule has 6 nitrogen and oxygen atoms in total. The van der Waals surface area contributed by atoms with Crippen molar-refractivity contribution in [2.75, 3.05) is 64.9 Å². The van der Waals surface area contributed by atoms with Gasteiger partial charge in [0.1, 0.15) is 0 Å². The van der Waals surface area contributed by atoms with Gasteiger partial charge in [-0.1, -0.05) is 0 Å². The second-order valence-corrected chi connectivity index (χ2v) is 8.51. The van der Waals surface area contributed by atoms with Gasteiger partial charge in [-0.3, -0.25) is 4.99 Å². The highest BCUT2D eigenvalue weighted by Gasteiger charge is 2.22. The Morgan fingerprint density at radius 2 is 2.00 bits per heavy atom. The summed E-state index contributed by atoms with van der Waals surface area (Å²) < 4.78 is 5.18. The van der Waals surface area contributed by atoms with Crippen LogP contribution in [0.2, 0.25) is 0 Å². The first-order valence-corrected chi connectivity index (χ1v) is 11.1. The summed E-state index contributed by atoms with van der Waals surface area (Å²) in [5.41, 5.74) is 0. The summed E-state index contributed by atoms with van der Waals surface area (Å²) >= 11 is 1.84. The van der Waals surface area contributed by atoms with E-state index in [0.717, 1.165) is 57.5 Å². The van der Waals surface area contributed by atoms with E-state index in [1.807, 2.05) is 18.4 Å². The molecule has 1 aromatic rings. The molecule has 2 aliphatic rings. The zero-order valence-corrected chi connectivity index (χ0v) is 17.6. The van der Waals surface area contributed by atoms with Crippen molar-refractivity contribution in [1.29, 1.82) is 0 Å². The van der Waals surface area contributed by atoms with Gasteiger partial charge in [0.05, 0.1) is 11.6 Å². The molecule has 0 radical (unpaired) electrons. The molecule has 7 heteroatoms. The van der Waals surface area contributed by atoms with Crippen molar-refractivity contribution in [3.8, 4) is 0 Å². The first kappa shape index (κ1) is 20.4. The summed E-state index contributed by atoms with van der Waals surface area (Å²) in [5.74, 6) is 1.70. The number of aliphatic imine (C=N–C) groups is 1. The third-order valence-corrected chi connectivity index (χ3v) is 6.68. The zero-order valence-electron chi connectivity index (χ0n) is 16.8. The van der Waals surface area contributed by atoms with Crippen LogP contribution in [-0.2, 0) is 4.74 Å². The maximum atomic E-state index is 5.18. The van der Waals surface area contributed by atoms with Crippen LogP contribution in [0.4, 0.5) is 5.00 Å². The molecule has 3 heterocycles. The molecule has 2 saturated heterocycles. The highest BCUT2D eigenvalue weighted by Crippen LogP contribution is 2.24. The average molecular weight is 394 g/mol. The van der Waals surface area contributed by atoms with Crippen molar-refractivity contribution < 1.29 is 4.74 Å². The number of hydrogen-bond donors (Lipinski definition) is 2. The van der Waals surface area contributed by atoms with Crippen molar-refractivity contribution >= 4 is 22.3 Å². The number of ether oxygens (including phenoxy) is 1. The minimum absolute atomic E-state index is 0.517. The van der Waals surface area contributed by atoms with E-state index >= 15 is 0 Å². The van der Waals surface area contributed by atoms with Crippen LogP contribution in [0, 0.1) is 5.92 Å². The molecular weight excluding hydrogens is 358 g/mol. The maximum absolute atomic E-state index is 5.18. The minimum atomic E-state index is 0.517. The number of piperidine rings is 2. The predicted molar refractivity (Wildman–Crippen MR) is 115 cm³/mol. The van der Waals surface area contributed by atoms with E-state index in [4.69, 9.17) is 4.74 Å². The van der Waals surface area contributed by atoms with Gasteiger partial charge in [-0.25, -0.2) is 0 Å². The van der Waals surface area contributed by atoms with E-state index in [2.05, 4.69) is 42.9 Å². The number of hydrogen-bond acceptors (Lipinski definition) is 5. The summed E-state index contributed by atoms with van der Waals surface area (Å²) in [4.78, 5) is 9.45. The van der Waals surface area contributed by atoms with Gasteiger partial charge in [0.25, 0.3) is 0 Å². The van der Waals surface area contributed by atoms with Crippen molar-refractivity contribution in [3.05, 3.63) is 17.5 Å². The Kier molecular flexibility index (Phi) is 8.23. The molecule has 0 saturated carbocycles. The third-order valence-electron chi connectivity index (χ3n) is 5.75. The molecule has 0 unspecified atom stereocenters. The second-order valence-electron chi connectivity index (χ2n) is 7.59. The van der Waals surface area contributed by atoms with E-state index in [9.17, 15) is 0 Å². The molecule has 0 atom stereocenters. The Morgan fingerprint density at radius 1 is 1.22 bits per heavy atom. The van der Waals surface area contributed by atoms with Crippen molar-refractivity contribution in [3.63, 3.8) is 0 Å². The summed E-state index contributed by atoms with van der Waals surface area (Å²) in [6.45, 7) is 7.52. The van der Waals surface area contributed by atoms with Crippen LogP contribution in [0.25, 0.3) is 0 Å². The standard InChI is InChI=1S/C20H35N5OS/c1-21-20(22-16-17-5-9-24(10-6-17)13-14-26-2)23-18-7-11-25(12-8-18)19-4-3-15-27-19/h3-4,15,17-18H,5-14,16H2,1-2H3,(H2,21,22,23). The second kappa shape index (κ2) is 10.9. The van der Waals surface area contributed by atoms with Crippen LogP contribution >= 0.6 is 11.3 Å².